The van der Waals surface area contributed by atoms with Crippen molar-refractivity contribution in [2.24, 2.45) is 0 Å². The summed E-state index contributed by atoms with van der Waals surface area (Å²) < 4.78 is 15.5. The Bertz CT molecular complexity index is 278. The van der Waals surface area contributed by atoms with Gasteiger partial charge in [0.05, 0.1) is 7.11 Å². The highest BCUT2D eigenvalue weighted by atomic mass is 32.1. The third-order valence-corrected chi connectivity index (χ3v) is 2.08. The van der Waals surface area contributed by atoms with E-state index in [9.17, 15) is 0 Å². The number of hydrogen-bond donors (Lipinski definition) is 1. The normalized spacial score (nSPS) is 12.2. The fourth-order valence-electron chi connectivity index (χ4n) is 0.967. The number of para-hydroxylation sites is 2. The third-order valence-electron chi connectivity index (χ3n) is 1.72. The predicted molar refractivity (Wildman–Crippen MR) is 58.3 cm³/mol. The van der Waals surface area contributed by atoms with Gasteiger partial charge in [0.2, 0.25) is 0 Å². The van der Waals surface area contributed by atoms with Crippen molar-refractivity contribution in [3.8, 4) is 11.5 Å². The van der Waals surface area contributed by atoms with Crippen molar-refractivity contribution in [3.05, 3.63) is 24.3 Å². The first kappa shape index (κ1) is 11.2. The van der Waals surface area contributed by atoms with Crippen LogP contribution in [0.3, 0.4) is 0 Å². The summed E-state index contributed by atoms with van der Waals surface area (Å²) in [5, 5.41) is 0. The molecule has 78 valence electrons. The topological polar surface area (TPSA) is 27.7 Å². The second-order valence-corrected chi connectivity index (χ2v) is 3.23. The summed E-state index contributed by atoms with van der Waals surface area (Å²) in [6, 6.07) is 7.46. The molecule has 0 saturated carbocycles. The molecule has 0 aliphatic carbocycles. The summed E-state index contributed by atoms with van der Waals surface area (Å²) in [4.78, 5) is 0. The molecule has 0 aromatic heterocycles. The van der Waals surface area contributed by atoms with Gasteiger partial charge in [0.15, 0.2) is 11.5 Å². The fourth-order valence-corrected chi connectivity index (χ4v) is 1.04. The summed E-state index contributed by atoms with van der Waals surface area (Å²) in [5.74, 6) is 1.41. The molecule has 1 aromatic carbocycles. The molecule has 0 spiro atoms. The first-order valence-electron chi connectivity index (χ1n) is 4.24. The van der Waals surface area contributed by atoms with Crippen molar-refractivity contribution in [3.63, 3.8) is 0 Å². The van der Waals surface area contributed by atoms with Crippen molar-refractivity contribution in [2.75, 3.05) is 20.8 Å². The Morgan fingerprint density at radius 2 is 1.86 bits per heavy atom. The van der Waals surface area contributed by atoms with Crippen LogP contribution in [0.15, 0.2) is 24.3 Å². The summed E-state index contributed by atoms with van der Waals surface area (Å²) in [6.07, 6.45) is 0. The quantitative estimate of drug-likeness (QED) is 0.600. The molecule has 0 radical (unpaired) electrons. The monoisotopic (exact) mass is 214 g/mol. The van der Waals surface area contributed by atoms with Crippen molar-refractivity contribution in [2.45, 2.75) is 5.44 Å². The maximum absolute atomic E-state index is 5.45. The smallest absolute Gasteiger partial charge is 0.161 e. The minimum Gasteiger partial charge on any atom is -0.493 e. The van der Waals surface area contributed by atoms with Gasteiger partial charge in [-0.2, -0.15) is 0 Å². The van der Waals surface area contributed by atoms with Crippen molar-refractivity contribution in [1.82, 2.24) is 0 Å². The van der Waals surface area contributed by atoms with Crippen molar-refractivity contribution in [1.29, 1.82) is 0 Å². The molecule has 14 heavy (non-hydrogen) atoms. The molecule has 1 rings (SSSR count). The van der Waals surface area contributed by atoms with E-state index in [1.54, 1.807) is 14.2 Å². The van der Waals surface area contributed by atoms with E-state index in [2.05, 4.69) is 12.6 Å². The van der Waals surface area contributed by atoms with Gasteiger partial charge in [-0.15, -0.1) is 12.6 Å². The number of rotatable bonds is 5. The van der Waals surface area contributed by atoms with Crippen LogP contribution < -0.4 is 9.47 Å². The molecule has 0 aliphatic heterocycles. The zero-order valence-corrected chi connectivity index (χ0v) is 9.16. The van der Waals surface area contributed by atoms with Crippen LogP contribution in [0.25, 0.3) is 0 Å². The van der Waals surface area contributed by atoms with Crippen LogP contribution in [0.2, 0.25) is 0 Å². The van der Waals surface area contributed by atoms with E-state index >= 15 is 0 Å². The molecule has 1 unspecified atom stereocenters. The zero-order chi connectivity index (χ0) is 10.4. The lowest BCUT2D eigenvalue weighted by atomic mass is 10.3. The largest absolute Gasteiger partial charge is 0.493 e. The first-order chi connectivity index (χ1) is 6.77. The van der Waals surface area contributed by atoms with Crippen LogP contribution in [0.5, 0.6) is 11.5 Å². The number of thiol groups is 1. The Kier molecular flexibility index (Phi) is 4.62. The lowest BCUT2D eigenvalue weighted by molar-refractivity contribution is 0.120. The SMILES string of the molecule is COc1ccccc1OCC(S)OC. The molecule has 0 fully saturated rings. The van der Waals surface area contributed by atoms with E-state index in [1.807, 2.05) is 24.3 Å². The van der Waals surface area contributed by atoms with E-state index < -0.39 is 0 Å². The predicted octanol–water partition coefficient (Wildman–Crippen LogP) is 1.98. The van der Waals surface area contributed by atoms with Gasteiger partial charge in [0.1, 0.15) is 12.0 Å². The van der Waals surface area contributed by atoms with E-state index in [0.717, 1.165) is 0 Å². The van der Waals surface area contributed by atoms with Gasteiger partial charge < -0.3 is 14.2 Å². The van der Waals surface area contributed by atoms with Crippen LogP contribution in [-0.2, 0) is 4.74 Å². The lowest BCUT2D eigenvalue weighted by Gasteiger charge is -2.12. The van der Waals surface area contributed by atoms with Gasteiger partial charge in [-0.25, -0.2) is 0 Å². The zero-order valence-electron chi connectivity index (χ0n) is 8.27. The van der Waals surface area contributed by atoms with Gasteiger partial charge in [-0.3, -0.25) is 0 Å². The highest BCUT2D eigenvalue weighted by Crippen LogP contribution is 2.25. The highest BCUT2D eigenvalue weighted by molar-refractivity contribution is 7.80. The average Bonchev–Trinajstić information content (AvgIpc) is 2.26. The minimum absolute atomic E-state index is 0.222. The minimum atomic E-state index is -0.222. The molecule has 1 aromatic rings. The van der Waals surface area contributed by atoms with Crippen LogP contribution >= 0.6 is 12.6 Å². The Labute approximate surface area is 89.4 Å². The molecule has 4 heteroatoms. The Morgan fingerprint density at radius 1 is 1.21 bits per heavy atom. The maximum atomic E-state index is 5.45. The van der Waals surface area contributed by atoms with E-state index in [1.165, 1.54) is 0 Å². The average molecular weight is 214 g/mol. The van der Waals surface area contributed by atoms with Crippen LogP contribution in [0, 0.1) is 0 Å². The number of methoxy groups -OCH3 is 2. The molecule has 0 saturated heterocycles. The van der Waals surface area contributed by atoms with Crippen molar-refractivity contribution < 1.29 is 14.2 Å². The van der Waals surface area contributed by atoms with E-state index in [0.29, 0.717) is 18.1 Å². The maximum Gasteiger partial charge on any atom is 0.161 e. The van der Waals surface area contributed by atoms with E-state index in [-0.39, 0.29) is 5.44 Å². The molecule has 0 heterocycles. The Balaban J connectivity index is 2.57. The third kappa shape index (κ3) is 3.12. The van der Waals surface area contributed by atoms with Crippen LogP contribution in [-0.4, -0.2) is 26.3 Å². The van der Waals surface area contributed by atoms with Gasteiger partial charge in [-0.1, -0.05) is 12.1 Å². The van der Waals surface area contributed by atoms with Gasteiger partial charge in [-0.05, 0) is 12.1 Å². The molecule has 1 atom stereocenters. The van der Waals surface area contributed by atoms with Gasteiger partial charge in [0, 0.05) is 7.11 Å². The molecular formula is C10H14O3S. The van der Waals surface area contributed by atoms with E-state index in [4.69, 9.17) is 14.2 Å². The molecule has 0 aliphatic rings. The second kappa shape index (κ2) is 5.78. The fraction of sp³-hybridized carbons (Fsp3) is 0.400. The van der Waals surface area contributed by atoms with Gasteiger partial charge >= 0.3 is 0 Å². The number of benzene rings is 1. The molecule has 0 bridgehead atoms. The molecule has 0 N–H and O–H groups in total. The molecular weight excluding hydrogens is 200 g/mol. The molecule has 0 amide bonds. The number of ether oxygens (including phenoxy) is 3. The Hall–Kier alpha value is -0.870. The lowest BCUT2D eigenvalue weighted by Crippen LogP contribution is -2.13. The van der Waals surface area contributed by atoms with Gasteiger partial charge in [0.25, 0.3) is 0 Å². The van der Waals surface area contributed by atoms with Crippen LogP contribution in [0.1, 0.15) is 0 Å². The highest BCUT2D eigenvalue weighted by Gasteiger charge is 2.05. The first-order valence-corrected chi connectivity index (χ1v) is 4.76. The summed E-state index contributed by atoms with van der Waals surface area (Å²) in [6.45, 7) is 0.389. The summed E-state index contributed by atoms with van der Waals surface area (Å²) in [5.41, 5.74) is -0.222. The number of hydrogen-bond acceptors (Lipinski definition) is 4. The van der Waals surface area contributed by atoms with Crippen molar-refractivity contribution >= 4 is 12.6 Å². The standard InChI is InChI=1S/C10H14O3S/c1-11-8-5-3-4-6-9(8)13-7-10(14)12-2/h3-6,10,14H,7H2,1-2H3. The summed E-state index contributed by atoms with van der Waals surface area (Å²) in [7, 11) is 3.19. The summed E-state index contributed by atoms with van der Waals surface area (Å²) >= 11 is 4.14. The Morgan fingerprint density at radius 3 is 2.43 bits per heavy atom. The second-order valence-electron chi connectivity index (χ2n) is 2.65. The molecule has 3 nitrogen and oxygen atoms in total. The van der Waals surface area contributed by atoms with Crippen LogP contribution in [0.4, 0.5) is 0 Å².